The van der Waals surface area contributed by atoms with Crippen molar-refractivity contribution in [2.75, 3.05) is 13.1 Å². The fourth-order valence-corrected chi connectivity index (χ4v) is 2.43. The highest BCUT2D eigenvalue weighted by Gasteiger charge is 2.28. The van der Waals surface area contributed by atoms with Gasteiger partial charge in [-0.25, -0.2) is 8.78 Å². The predicted octanol–water partition coefficient (Wildman–Crippen LogP) is 2.33. The quantitative estimate of drug-likeness (QED) is 0.852. The van der Waals surface area contributed by atoms with E-state index in [9.17, 15) is 18.4 Å². The molecule has 0 N–H and O–H groups in total. The molecule has 0 saturated carbocycles. The molecular weight excluding hydrogens is 264 g/mol. The number of carbonyl (C=O) groups is 2. The molecule has 1 aromatic rings. The lowest BCUT2D eigenvalue weighted by molar-refractivity contribution is -0.136. The van der Waals surface area contributed by atoms with E-state index in [1.165, 1.54) is 6.07 Å². The van der Waals surface area contributed by atoms with Crippen LogP contribution < -0.4 is 0 Å². The zero-order chi connectivity index (χ0) is 14.7. The number of hydrogen-bond acceptors (Lipinski definition) is 2. The third-order valence-corrected chi connectivity index (χ3v) is 3.71. The Labute approximate surface area is 116 Å². The number of benzene rings is 1. The summed E-state index contributed by atoms with van der Waals surface area (Å²) in [6, 6.07) is 3.47. The van der Waals surface area contributed by atoms with Gasteiger partial charge in [-0.2, -0.15) is 0 Å². The first-order chi connectivity index (χ1) is 9.51. The van der Waals surface area contributed by atoms with E-state index >= 15 is 0 Å². The number of nitrogens with zero attached hydrogens (tertiary/aromatic N) is 1. The number of hydrogen-bond donors (Lipinski definition) is 0. The maximum absolute atomic E-state index is 13.1. The molecule has 0 aliphatic carbocycles. The lowest BCUT2D eigenvalue weighted by Gasteiger charge is -2.31. The molecule has 1 aromatic carbocycles. The summed E-state index contributed by atoms with van der Waals surface area (Å²) in [6.45, 7) is 2.77. The van der Waals surface area contributed by atoms with Gasteiger partial charge in [0.1, 0.15) is 5.78 Å². The molecule has 5 heteroatoms. The highest BCUT2D eigenvalue weighted by Crippen LogP contribution is 2.17. The van der Waals surface area contributed by atoms with Gasteiger partial charge in [0.15, 0.2) is 11.6 Å². The highest BCUT2D eigenvalue weighted by atomic mass is 19.2. The van der Waals surface area contributed by atoms with Crippen LogP contribution in [0.2, 0.25) is 0 Å². The summed E-state index contributed by atoms with van der Waals surface area (Å²) >= 11 is 0. The first-order valence-electron chi connectivity index (χ1n) is 6.75. The van der Waals surface area contributed by atoms with E-state index in [0.717, 1.165) is 12.1 Å². The van der Waals surface area contributed by atoms with Crippen LogP contribution in [-0.2, 0) is 16.0 Å². The van der Waals surface area contributed by atoms with Crippen LogP contribution in [0.25, 0.3) is 0 Å². The summed E-state index contributed by atoms with van der Waals surface area (Å²) in [5.74, 6) is -1.92. The number of piperidine rings is 1. The molecule has 1 atom stereocenters. The van der Waals surface area contributed by atoms with E-state index in [4.69, 9.17) is 0 Å². The Morgan fingerprint density at radius 1 is 1.35 bits per heavy atom. The van der Waals surface area contributed by atoms with Gasteiger partial charge in [-0.1, -0.05) is 13.0 Å². The summed E-state index contributed by atoms with van der Waals surface area (Å²) in [4.78, 5) is 25.4. The van der Waals surface area contributed by atoms with E-state index < -0.39 is 11.6 Å². The molecule has 1 heterocycles. The summed E-state index contributed by atoms with van der Waals surface area (Å²) in [6.07, 6.45) is 1.12. The summed E-state index contributed by atoms with van der Waals surface area (Å²) in [7, 11) is 0. The normalized spacial score (nSPS) is 19.2. The van der Waals surface area contributed by atoms with Crippen LogP contribution in [-0.4, -0.2) is 29.7 Å². The molecule has 0 spiro atoms. The van der Waals surface area contributed by atoms with Crippen molar-refractivity contribution in [3.63, 3.8) is 0 Å². The van der Waals surface area contributed by atoms with Gasteiger partial charge >= 0.3 is 0 Å². The molecule has 1 saturated heterocycles. The summed E-state index contributed by atoms with van der Waals surface area (Å²) < 4.78 is 25.9. The largest absolute Gasteiger partial charge is 0.341 e. The van der Waals surface area contributed by atoms with Crippen molar-refractivity contribution in [2.45, 2.75) is 26.2 Å². The third kappa shape index (κ3) is 3.21. The van der Waals surface area contributed by atoms with Crippen LogP contribution in [0.3, 0.4) is 0 Å². The van der Waals surface area contributed by atoms with Crippen LogP contribution >= 0.6 is 0 Å². The van der Waals surface area contributed by atoms with E-state index in [0.29, 0.717) is 31.5 Å². The molecule has 0 radical (unpaired) electrons. The van der Waals surface area contributed by atoms with Gasteiger partial charge in [-0.15, -0.1) is 0 Å². The minimum Gasteiger partial charge on any atom is -0.341 e. The molecule has 20 heavy (non-hydrogen) atoms. The molecule has 1 amide bonds. The Balaban J connectivity index is 2.01. The second kappa shape index (κ2) is 6.11. The lowest BCUT2D eigenvalue weighted by atomic mass is 9.94. The van der Waals surface area contributed by atoms with Gasteiger partial charge in [0.2, 0.25) is 5.91 Å². The Morgan fingerprint density at radius 2 is 2.10 bits per heavy atom. The average Bonchev–Trinajstić information content (AvgIpc) is 2.43. The maximum atomic E-state index is 13.1. The van der Waals surface area contributed by atoms with Gasteiger partial charge in [-0.3, -0.25) is 9.59 Å². The SMILES string of the molecule is CCC1CN(C(=O)Cc2ccc(F)c(F)c2)CCC1=O. The Morgan fingerprint density at radius 3 is 2.75 bits per heavy atom. The topological polar surface area (TPSA) is 37.4 Å². The molecule has 0 aromatic heterocycles. The number of likely N-dealkylation sites (tertiary alicyclic amines) is 1. The van der Waals surface area contributed by atoms with Crippen LogP contribution in [0.4, 0.5) is 8.78 Å². The van der Waals surface area contributed by atoms with E-state index in [1.807, 2.05) is 6.92 Å². The number of ketones is 1. The summed E-state index contributed by atoms with van der Waals surface area (Å²) in [5, 5.41) is 0. The van der Waals surface area contributed by atoms with Crippen LogP contribution in [0.5, 0.6) is 0 Å². The Bertz CT molecular complexity index is 531. The second-order valence-corrected chi connectivity index (χ2v) is 5.09. The van der Waals surface area contributed by atoms with Crippen molar-refractivity contribution >= 4 is 11.7 Å². The number of rotatable bonds is 3. The number of Topliss-reactive ketones (excluding diaryl/α,β-unsaturated/α-hetero) is 1. The number of halogens is 2. The lowest BCUT2D eigenvalue weighted by Crippen LogP contribution is -2.44. The minimum atomic E-state index is -0.949. The standard InChI is InChI=1S/C15H17F2NO2/c1-2-11-9-18(6-5-14(11)19)15(20)8-10-3-4-12(16)13(17)7-10/h3-4,7,11H,2,5-6,8-9H2,1H3. The predicted molar refractivity (Wildman–Crippen MR) is 70.0 cm³/mol. The molecule has 108 valence electrons. The molecular formula is C15H17F2NO2. The zero-order valence-corrected chi connectivity index (χ0v) is 11.4. The van der Waals surface area contributed by atoms with Gasteiger partial charge in [0.05, 0.1) is 6.42 Å². The van der Waals surface area contributed by atoms with Crippen LogP contribution in [0, 0.1) is 17.6 Å². The monoisotopic (exact) mass is 281 g/mol. The summed E-state index contributed by atoms with van der Waals surface area (Å²) in [5.41, 5.74) is 0.443. The zero-order valence-electron chi connectivity index (χ0n) is 11.4. The molecule has 1 aliphatic heterocycles. The first kappa shape index (κ1) is 14.6. The van der Waals surface area contributed by atoms with Gasteiger partial charge in [0, 0.05) is 25.4 Å². The third-order valence-electron chi connectivity index (χ3n) is 3.71. The highest BCUT2D eigenvalue weighted by molar-refractivity contribution is 5.86. The van der Waals surface area contributed by atoms with E-state index in [2.05, 4.69) is 0 Å². The molecule has 0 bridgehead atoms. The maximum Gasteiger partial charge on any atom is 0.227 e. The Hall–Kier alpha value is -1.78. The number of carbonyl (C=O) groups excluding carboxylic acids is 2. The second-order valence-electron chi connectivity index (χ2n) is 5.09. The van der Waals surface area contributed by atoms with Crippen molar-refractivity contribution in [1.82, 2.24) is 4.90 Å². The van der Waals surface area contributed by atoms with Crippen molar-refractivity contribution in [2.24, 2.45) is 5.92 Å². The molecule has 2 rings (SSSR count). The van der Waals surface area contributed by atoms with Gasteiger partial charge < -0.3 is 4.90 Å². The van der Waals surface area contributed by atoms with E-state index in [-0.39, 0.29) is 24.0 Å². The molecule has 1 aliphatic rings. The van der Waals surface area contributed by atoms with Gasteiger partial charge in [-0.05, 0) is 24.1 Å². The smallest absolute Gasteiger partial charge is 0.227 e. The van der Waals surface area contributed by atoms with Gasteiger partial charge in [0.25, 0.3) is 0 Å². The van der Waals surface area contributed by atoms with Crippen molar-refractivity contribution in [3.8, 4) is 0 Å². The first-order valence-corrected chi connectivity index (χ1v) is 6.75. The molecule has 1 fully saturated rings. The molecule has 1 unspecified atom stereocenters. The van der Waals surface area contributed by atoms with Crippen molar-refractivity contribution in [3.05, 3.63) is 35.4 Å². The van der Waals surface area contributed by atoms with Crippen molar-refractivity contribution < 1.29 is 18.4 Å². The average molecular weight is 281 g/mol. The van der Waals surface area contributed by atoms with Crippen molar-refractivity contribution in [1.29, 1.82) is 0 Å². The number of amides is 1. The fraction of sp³-hybridized carbons (Fsp3) is 0.467. The van der Waals surface area contributed by atoms with Crippen LogP contribution in [0.15, 0.2) is 18.2 Å². The van der Waals surface area contributed by atoms with Crippen LogP contribution in [0.1, 0.15) is 25.3 Å². The minimum absolute atomic E-state index is 0.0296. The fourth-order valence-electron chi connectivity index (χ4n) is 2.43. The Kier molecular flexibility index (Phi) is 4.47. The van der Waals surface area contributed by atoms with E-state index in [1.54, 1.807) is 4.90 Å². The molecule has 3 nitrogen and oxygen atoms in total.